The Morgan fingerprint density at radius 3 is 2.26 bits per heavy atom. The van der Waals surface area contributed by atoms with E-state index in [0.29, 0.717) is 40.1 Å². The molecule has 0 aromatic heterocycles. The molecule has 0 saturated heterocycles. The van der Waals surface area contributed by atoms with Gasteiger partial charge in [0.15, 0.2) is 0 Å². The first kappa shape index (κ1) is 24.6. The second-order valence-corrected chi connectivity index (χ2v) is 9.17. The molecule has 170 valence electrons. The molecular weight excluding hydrogens is 444 g/mol. The number of halogens is 1. The minimum absolute atomic E-state index is 0.113. The Labute approximate surface area is 187 Å². The fourth-order valence-corrected chi connectivity index (χ4v) is 3.87. The summed E-state index contributed by atoms with van der Waals surface area (Å²) >= 11 is 6.09. The number of methoxy groups -OCH3 is 2. The number of carbonyl (C=O) groups excluding carboxylic acids is 1. The Morgan fingerprint density at radius 2 is 1.68 bits per heavy atom. The van der Waals surface area contributed by atoms with Crippen LogP contribution in [0.2, 0.25) is 5.02 Å². The molecule has 2 rings (SSSR count). The maximum atomic E-state index is 12.5. The van der Waals surface area contributed by atoms with Gasteiger partial charge in [-0.25, -0.2) is 12.7 Å². The number of ether oxygens (including phenoxy) is 2. The molecule has 0 aliphatic heterocycles. The van der Waals surface area contributed by atoms with Crippen molar-refractivity contribution in [1.82, 2.24) is 4.31 Å². The van der Waals surface area contributed by atoms with Gasteiger partial charge in [-0.2, -0.15) is 0 Å². The van der Waals surface area contributed by atoms with Crippen molar-refractivity contribution in [2.75, 3.05) is 57.4 Å². The zero-order chi connectivity index (χ0) is 23.2. The molecule has 0 heterocycles. The van der Waals surface area contributed by atoms with Crippen molar-refractivity contribution >= 4 is 44.6 Å². The Bertz CT molecular complexity index is 1040. The number of anilines is 3. The summed E-state index contributed by atoms with van der Waals surface area (Å²) in [6.45, 7) is 2.43. The van der Waals surface area contributed by atoms with Gasteiger partial charge >= 0.3 is 0 Å². The minimum Gasteiger partial charge on any atom is -0.495 e. The first-order valence-corrected chi connectivity index (χ1v) is 11.2. The second-order valence-electron chi connectivity index (χ2n) is 6.61. The second kappa shape index (κ2) is 10.6. The quantitative estimate of drug-likeness (QED) is 0.489. The highest BCUT2D eigenvalue weighted by molar-refractivity contribution is 7.89. The fraction of sp³-hybridized carbons (Fsp3) is 0.350. The molecule has 0 aliphatic carbocycles. The number of amides is 1. The number of benzene rings is 2. The summed E-state index contributed by atoms with van der Waals surface area (Å²) < 4.78 is 36.5. The summed E-state index contributed by atoms with van der Waals surface area (Å²) in [6.07, 6.45) is 0. The van der Waals surface area contributed by atoms with E-state index in [1.54, 1.807) is 18.2 Å². The molecule has 2 aromatic rings. The Balaban J connectivity index is 2.23. The van der Waals surface area contributed by atoms with Crippen molar-refractivity contribution in [1.29, 1.82) is 0 Å². The van der Waals surface area contributed by atoms with E-state index in [0.717, 1.165) is 4.31 Å². The minimum atomic E-state index is -3.62. The lowest BCUT2D eigenvalue weighted by Gasteiger charge is -2.17. The lowest BCUT2D eigenvalue weighted by atomic mass is 10.2. The molecule has 11 heteroatoms. The van der Waals surface area contributed by atoms with Crippen LogP contribution in [0, 0.1) is 0 Å². The van der Waals surface area contributed by atoms with E-state index in [9.17, 15) is 13.2 Å². The van der Waals surface area contributed by atoms with Crippen molar-refractivity contribution in [3.05, 3.63) is 35.4 Å². The van der Waals surface area contributed by atoms with Crippen LogP contribution in [-0.2, 0) is 14.8 Å². The van der Waals surface area contributed by atoms with Crippen molar-refractivity contribution in [2.45, 2.75) is 11.8 Å². The van der Waals surface area contributed by atoms with Crippen LogP contribution in [0.1, 0.15) is 6.92 Å². The summed E-state index contributed by atoms with van der Waals surface area (Å²) in [6, 6.07) is 7.78. The maximum absolute atomic E-state index is 12.5. The highest BCUT2D eigenvalue weighted by Crippen LogP contribution is 2.36. The highest BCUT2D eigenvalue weighted by Gasteiger charge is 2.19. The van der Waals surface area contributed by atoms with Gasteiger partial charge in [-0.3, -0.25) is 4.79 Å². The number of sulfonamides is 1. The van der Waals surface area contributed by atoms with Gasteiger partial charge in [-0.1, -0.05) is 11.6 Å². The third-order valence-corrected chi connectivity index (χ3v) is 6.43. The van der Waals surface area contributed by atoms with Gasteiger partial charge < -0.3 is 25.4 Å². The number of rotatable bonds is 10. The molecule has 0 fully saturated rings. The van der Waals surface area contributed by atoms with Crippen molar-refractivity contribution in [3.8, 4) is 11.5 Å². The Kier molecular flexibility index (Phi) is 8.37. The zero-order valence-electron chi connectivity index (χ0n) is 18.1. The largest absolute Gasteiger partial charge is 0.495 e. The lowest BCUT2D eigenvalue weighted by molar-refractivity contribution is -0.114. The van der Waals surface area contributed by atoms with E-state index < -0.39 is 10.0 Å². The summed E-state index contributed by atoms with van der Waals surface area (Å²) in [4.78, 5) is 12.7. The topological polar surface area (TPSA) is 109 Å². The molecule has 0 saturated carbocycles. The van der Waals surface area contributed by atoms with Crippen LogP contribution in [0.5, 0.6) is 11.5 Å². The van der Waals surface area contributed by atoms with E-state index in [4.69, 9.17) is 21.1 Å². The molecule has 0 atom stereocenters. The number of nitrogens with one attached hydrogen (secondary N) is 3. The normalized spacial score (nSPS) is 11.2. The van der Waals surface area contributed by atoms with Gasteiger partial charge in [0, 0.05) is 32.8 Å². The molecule has 3 N–H and O–H groups in total. The predicted molar refractivity (Wildman–Crippen MR) is 123 cm³/mol. The van der Waals surface area contributed by atoms with Gasteiger partial charge in [0.05, 0.1) is 47.7 Å². The summed E-state index contributed by atoms with van der Waals surface area (Å²) in [5.74, 6) is 0.402. The van der Waals surface area contributed by atoms with Gasteiger partial charge in [0.1, 0.15) is 11.5 Å². The molecule has 2 aromatic carbocycles. The molecule has 9 nitrogen and oxygen atoms in total. The van der Waals surface area contributed by atoms with Gasteiger partial charge in [-0.15, -0.1) is 0 Å². The lowest BCUT2D eigenvalue weighted by Crippen LogP contribution is -2.24. The number of nitrogens with zero attached hydrogens (tertiary/aromatic N) is 1. The van der Waals surface area contributed by atoms with Crippen LogP contribution in [0.3, 0.4) is 0 Å². The third-order valence-electron chi connectivity index (χ3n) is 4.32. The average molecular weight is 471 g/mol. The third kappa shape index (κ3) is 5.93. The number of hydrogen-bond donors (Lipinski definition) is 3. The van der Waals surface area contributed by atoms with E-state index in [2.05, 4.69) is 16.0 Å². The standard InChI is InChI=1S/C20H27ClN4O5S/c1-6-22-15-8-7-13(31(27,28)25(2)3)9-16(15)23-12-20(26)24-17-11-18(29-4)14(21)10-19(17)30-5/h7-11,22-23H,6,12H2,1-5H3,(H,24,26). The molecule has 0 aliphatic rings. The number of hydrogen-bond acceptors (Lipinski definition) is 7. The number of carbonyl (C=O) groups is 1. The molecule has 0 unspecified atom stereocenters. The van der Waals surface area contributed by atoms with Crippen molar-refractivity contribution in [2.24, 2.45) is 0 Å². The van der Waals surface area contributed by atoms with E-state index in [-0.39, 0.29) is 17.3 Å². The average Bonchev–Trinajstić information content (AvgIpc) is 2.73. The fourth-order valence-electron chi connectivity index (χ4n) is 2.71. The monoisotopic (exact) mass is 470 g/mol. The van der Waals surface area contributed by atoms with Crippen LogP contribution in [0.25, 0.3) is 0 Å². The molecule has 0 radical (unpaired) electrons. The van der Waals surface area contributed by atoms with E-state index in [1.165, 1.54) is 40.4 Å². The first-order chi connectivity index (χ1) is 14.6. The highest BCUT2D eigenvalue weighted by atomic mass is 35.5. The predicted octanol–water partition coefficient (Wildman–Crippen LogP) is 3.09. The van der Waals surface area contributed by atoms with Crippen molar-refractivity contribution < 1.29 is 22.7 Å². The van der Waals surface area contributed by atoms with Crippen LogP contribution in [0.15, 0.2) is 35.2 Å². The smallest absolute Gasteiger partial charge is 0.243 e. The molecule has 1 amide bonds. The van der Waals surface area contributed by atoms with Gasteiger partial charge in [0.2, 0.25) is 15.9 Å². The molecular formula is C20H27ClN4O5S. The van der Waals surface area contributed by atoms with Crippen LogP contribution < -0.4 is 25.4 Å². The summed E-state index contributed by atoms with van der Waals surface area (Å²) in [5, 5.41) is 9.22. The molecule has 31 heavy (non-hydrogen) atoms. The molecule has 0 bridgehead atoms. The van der Waals surface area contributed by atoms with Crippen LogP contribution in [0.4, 0.5) is 17.1 Å². The van der Waals surface area contributed by atoms with E-state index in [1.807, 2.05) is 6.92 Å². The van der Waals surface area contributed by atoms with Crippen LogP contribution >= 0.6 is 11.6 Å². The zero-order valence-corrected chi connectivity index (χ0v) is 19.6. The summed E-state index contributed by atoms with van der Waals surface area (Å²) in [5.41, 5.74) is 1.56. The van der Waals surface area contributed by atoms with E-state index >= 15 is 0 Å². The first-order valence-electron chi connectivity index (χ1n) is 9.39. The van der Waals surface area contributed by atoms with Crippen molar-refractivity contribution in [3.63, 3.8) is 0 Å². The van der Waals surface area contributed by atoms with Gasteiger partial charge in [0.25, 0.3) is 0 Å². The summed E-state index contributed by atoms with van der Waals surface area (Å²) in [7, 11) is 2.24. The van der Waals surface area contributed by atoms with Crippen LogP contribution in [-0.4, -0.2) is 60.0 Å². The Hall–Kier alpha value is -2.69. The van der Waals surface area contributed by atoms with Gasteiger partial charge in [-0.05, 0) is 25.1 Å². The molecule has 0 spiro atoms. The Morgan fingerprint density at radius 1 is 1.00 bits per heavy atom. The maximum Gasteiger partial charge on any atom is 0.243 e. The SMILES string of the molecule is CCNc1ccc(S(=O)(=O)N(C)C)cc1NCC(=O)Nc1cc(OC)c(Cl)cc1OC.